The zero-order chi connectivity index (χ0) is 31.2. The highest BCUT2D eigenvalue weighted by molar-refractivity contribution is 6.10. The largest absolute Gasteiger partial charge is 0.309 e. The van der Waals surface area contributed by atoms with Crippen molar-refractivity contribution in [2.24, 2.45) is 0 Å². The average Bonchev–Trinajstić information content (AvgIpc) is 3.45. The van der Waals surface area contributed by atoms with Crippen molar-refractivity contribution >= 4 is 49.1 Å². The molecule has 3 nitrogen and oxygen atoms in total. The molecule has 6 aromatic carbocycles. The second-order valence-electron chi connectivity index (χ2n) is 11.4. The normalized spacial score (nSPS) is 11.9. The minimum absolute atomic E-state index is 0.0377. The van der Waals surface area contributed by atoms with Crippen molar-refractivity contribution in [3.05, 3.63) is 187 Å². The summed E-state index contributed by atoms with van der Waals surface area (Å²) >= 11 is 0. The van der Waals surface area contributed by atoms with E-state index >= 15 is 0 Å². The molecule has 0 atom stereocenters. The van der Waals surface area contributed by atoms with Gasteiger partial charge in [-0.3, -0.25) is 9.36 Å². The van der Waals surface area contributed by atoms with E-state index in [0.717, 1.165) is 49.9 Å². The first-order valence-corrected chi connectivity index (χ1v) is 15.4. The Bertz CT molecular complexity index is 2560. The van der Waals surface area contributed by atoms with Crippen molar-refractivity contribution < 1.29 is 0 Å². The van der Waals surface area contributed by atoms with Crippen LogP contribution in [-0.4, -0.2) is 9.13 Å². The van der Waals surface area contributed by atoms with Gasteiger partial charge in [-0.05, 0) is 88.3 Å². The van der Waals surface area contributed by atoms with E-state index in [9.17, 15) is 4.79 Å². The Morgan fingerprint density at radius 2 is 1.09 bits per heavy atom. The molecule has 0 radical (unpaired) electrons. The van der Waals surface area contributed by atoms with Crippen molar-refractivity contribution in [2.75, 3.05) is 0 Å². The number of rotatable bonds is 6. The summed E-state index contributed by atoms with van der Waals surface area (Å²) in [6.07, 6.45) is 5.54. The van der Waals surface area contributed by atoms with Crippen LogP contribution in [0.2, 0.25) is 0 Å². The molecule has 2 heterocycles. The fourth-order valence-corrected chi connectivity index (χ4v) is 6.74. The number of fused-ring (bicyclic) bond motifs is 6. The van der Waals surface area contributed by atoms with Crippen LogP contribution in [-0.2, 0) is 0 Å². The third-order valence-electron chi connectivity index (χ3n) is 8.88. The van der Waals surface area contributed by atoms with Crippen LogP contribution in [0.1, 0.15) is 5.56 Å². The SMILES string of the molecule is C=C/C=C(\C=C)c1ccc2c(c1)c1ccccc1c(=O)n2-c1ccc(-c2ccc3c(c2)c2ccccc2n3-c2ccccc2)cc1. The zero-order valence-electron chi connectivity index (χ0n) is 25.2. The monoisotopic (exact) mass is 590 g/mol. The van der Waals surface area contributed by atoms with Crippen LogP contribution in [0.5, 0.6) is 0 Å². The zero-order valence-corrected chi connectivity index (χ0v) is 25.2. The molecular formula is C43H30N2O. The predicted molar refractivity (Wildman–Crippen MR) is 195 cm³/mol. The van der Waals surface area contributed by atoms with E-state index in [1.54, 1.807) is 6.08 Å². The summed E-state index contributed by atoms with van der Waals surface area (Å²) in [6.45, 7) is 7.84. The summed E-state index contributed by atoms with van der Waals surface area (Å²) in [5, 5.41) is 5.05. The summed E-state index contributed by atoms with van der Waals surface area (Å²) in [5.41, 5.74) is 9.36. The van der Waals surface area contributed by atoms with Gasteiger partial charge >= 0.3 is 0 Å². The lowest BCUT2D eigenvalue weighted by atomic mass is 9.99. The number of hydrogen-bond donors (Lipinski definition) is 0. The molecule has 0 saturated heterocycles. The summed E-state index contributed by atoms with van der Waals surface area (Å²) in [6, 6.07) is 48.1. The van der Waals surface area contributed by atoms with Crippen LogP contribution < -0.4 is 5.56 Å². The van der Waals surface area contributed by atoms with Gasteiger partial charge in [0.25, 0.3) is 5.56 Å². The lowest BCUT2D eigenvalue weighted by molar-refractivity contribution is 1.06. The Hall–Kier alpha value is -6.19. The first-order valence-electron chi connectivity index (χ1n) is 15.4. The van der Waals surface area contributed by atoms with Crippen LogP contribution in [0, 0.1) is 0 Å². The maximum atomic E-state index is 14.0. The first-order chi connectivity index (χ1) is 22.7. The summed E-state index contributed by atoms with van der Waals surface area (Å²) in [7, 11) is 0. The van der Waals surface area contributed by atoms with Crippen LogP contribution in [0.4, 0.5) is 0 Å². The maximum absolute atomic E-state index is 14.0. The highest BCUT2D eigenvalue weighted by Crippen LogP contribution is 2.35. The van der Waals surface area contributed by atoms with E-state index in [0.29, 0.717) is 5.39 Å². The lowest BCUT2D eigenvalue weighted by Crippen LogP contribution is -2.19. The van der Waals surface area contributed by atoms with E-state index in [1.807, 2.05) is 71.3 Å². The van der Waals surface area contributed by atoms with Crippen molar-refractivity contribution in [3.63, 3.8) is 0 Å². The molecular weight excluding hydrogens is 560 g/mol. The van der Waals surface area contributed by atoms with Crippen LogP contribution >= 0.6 is 0 Å². The highest BCUT2D eigenvalue weighted by Gasteiger charge is 2.15. The number of nitrogens with zero attached hydrogens (tertiary/aromatic N) is 2. The second-order valence-corrected chi connectivity index (χ2v) is 11.4. The third-order valence-corrected chi connectivity index (χ3v) is 8.88. The van der Waals surface area contributed by atoms with Gasteiger partial charge in [-0.15, -0.1) is 0 Å². The van der Waals surface area contributed by atoms with Crippen molar-refractivity contribution in [1.29, 1.82) is 0 Å². The smallest absolute Gasteiger partial charge is 0.263 e. The number of allylic oxidation sites excluding steroid dienone is 4. The first kappa shape index (κ1) is 27.4. The Kier molecular flexibility index (Phi) is 6.58. The molecule has 0 bridgehead atoms. The van der Waals surface area contributed by atoms with E-state index in [-0.39, 0.29) is 5.56 Å². The van der Waals surface area contributed by atoms with Gasteiger partial charge in [-0.1, -0.05) is 110 Å². The van der Waals surface area contributed by atoms with E-state index in [4.69, 9.17) is 0 Å². The maximum Gasteiger partial charge on any atom is 0.263 e. The molecule has 0 amide bonds. The molecule has 0 N–H and O–H groups in total. The molecule has 0 aliphatic carbocycles. The molecule has 218 valence electrons. The standard InChI is InChI=1S/C43H30N2O/c1-3-12-29(4-2)31-21-26-42-38(27-31)35-15-8-9-17-37(35)43(46)45(42)34-23-19-30(20-24-34)32-22-25-41-39(28-32)36-16-10-11-18-40(36)44(41)33-13-6-5-7-14-33/h3-28H,1-2H2/b29-12+. The molecule has 8 aromatic rings. The summed E-state index contributed by atoms with van der Waals surface area (Å²) in [4.78, 5) is 14.0. The number of para-hydroxylation sites is 2. The number of pyridine rings is 1. The number of hydrogen-bond acceptors (Lipinski definition) is 1. The van der Waals surface area contributed by atoms with Gasteiger partial charge in [-0.2, -0.15) is 0 Å². The lowest BCUT2D eigenvalue weighted by Gasteiger charge is -2.15. The topological polar surface area (TPSA) is 26.9 Å². The molecule has 0 aliphatic heterocycles. The Labute approximate surface area is 266 Å². The van der Waals surface area contributed by atoms with E-state index < -0.39 is 0 Å². The van der Waals surface area contributed by atoms with Gasteiger partial charge in [0.1, 0.15) is 0 Å². The number of benzene rings is 6. The van der Waals surface area contributed by atoms with Gasteiger partial charge < -0.3 is 4.57 Å². The Balaban J connectivity index is 1.27. The molecule has 3 heteroatoms. The van der Waals surface area contributed by atoms with Gasteiger partial charge in [0.2, 0.25) is 0 Å². The summed E-state index contributed by atoms with van der Waals surface area (Å²) < 4.78 is 4.15. The van der Waals surface area contributed by atoms with E-state index in [2.05, 4.69) is 103 Å². The molecule has 0 fully saturated rings. The molecule has 0 unspecified atom stereocenters. The molecule has 8 rings (SSSR count). The van der Waals surface area contributed by atoms with Crippen LogP contribution in [0.15, 0.2) is 176 Å². The van der Waals surface area contributed by atoms with Crippen molar-refractivity contribution in [3.8, 4) is 22.5 Å². The molecule has 0 saturated carbocycles. The van der Waals surface area contributed by atoms with Gasteiger partial charge in [0, 0.05) is 32.9 Å². The quantitative estimate of drug-likeness (QED) is 0.140. The van der Waals surface area contributed by atoms with Crippen LogP contribution in [0.3, 0.4) is 0 Å². The van der Waals surface area contributed by atoms with Crippen molar-refractivity contribution in [1.82, 2.24) is 9.13 Å². The van der Waals surface area contributed by atoms with Gasteiger partial charge in [0.15, 0.2) is 0 Å². The number of aromatic nitrogens is 2. The highest BCUT2D eigenvalue weighted by atomic mass is 16.1. The Morgan fingerprint density at radius 3 is 1.85 bits per heavy atom. The minimum atomic E-state index is -0.0377. The van der Waals surface area contributed by atoms with Crippen molar-refractivity contribution in [2.45, 2.75) is 0 Å². The molecule has 0 spiro atoms. The van der Waals surface area contributed by atoms with E-state index in [1.165, 1.54) is 21.8 Å². The molecule has 2 aromatic heterocycles. The van der Waals surface area contributed by atoms with Crippen LogP contribution in [0.25, 0.3) is 71.6 Å². The molecule has 46 heavy (non-hydrogen) atoms. The molecule has 0 aliphatic rings. The minimum Gasteiger partial charge on any atom is -0.309 e. The summed E-state index contributed by atoms with van der Waals surface area (Å²) in [5.74, 6) is 0. The Morgan fingerprint density at radius 1 is 0.500 bits per heavy atom. The third kappa shape index (κ3) is 4.33. The fourth-order valence-electron chi connectivity index (χ4n) is 6.74. The predicted octanol–water partition coefficient (Wildman–Crippen LogP) is 10.7. The van der Waals surface area contributed by atoms with Gasteiger partial charge in [-0.25, -0.2) is 0 Å². The fraction of sp³-hybridized carbons (Fsp3) is 0. The van der Waals surface area contributed by atoms with Gasteiger partial charge in [0.05, 0.1) is 16.6 Å². The average molecular weight is 591 g/mol. The second kappa shape index (κ2) is 11.1.